The van der Waals surface area contributed by atoms with Crippen LogP contribution in [0.4, 0.5) is 5.69 Å². The van der Waals surface area contributed by atoms with Crippen LogP contribution in [0.2, 0.25) is 0 Å². The molecule has 23 heavy (non-hydrogen) atoms. The first-order chi connectivity index (χ1) is 11.0. The van der Waals surface area contributed by atoms with E-state index in [0.29, 0.717) is 14.5 Å². The van der Waals surface area contributed by atoms with Crippen molar-refractivity contribution < 1.29 is 9.90 Å². The van der Waals surface area contributed by atoms with E-state index in [1.807, 2.05) is 24.3 Å². The van der Waals surface area contributed by atoms with Crippen molar-refractivity contribution >= 4 is 66.5 Å². The third-order valence-electron chi connectivity index (χ3n) is 2.98. The number of thioether (sulfide) groups is 1. The number of hydrogen-bond donors (Lipinski definition) is 2. The quantitative estimate of drug-likeness (QED) is 0.641. The summed E-state index contributed by atoms with van der Waals surface area (Å²) in [5.74, 6) is -0.0248. The predicted molar refractivity (Wildman–Crippen MR) is 101 cm³/mol. The average Bonchev–Trinajstić information content (AvgIpc) is 2.85. The summed E-state index contributed by atoms with van der Waals surface area (Å²) in [7, 11) is 0. The first kappa shape index (κ1) is 16.3. The third-order valence-corrected chi connectivity index (χ3v) is 5.05. The molecule has 1 fully saturated rings. The number of aromatic hydroxyl groups is 1. The summed E-state index contributed by atoms with van der Waals surface area (Å²) in [6.45, 7) is 0. The lowest BCUT2D eigenvalue weighted by Crippen LogP contribution is -2.19. The van der Waals surface area contributed by atoms with Crippen molar-refractivity contribution in [2.45, 2.75) is 0 Å². The van der Waals surface area contributed by atoms with Crippen LogP contribution in [0.1, 0.15) is 5.56 Å². The van der Waals surface area contributed by atoms with Gasteiger partial charge in [0.25, 0.3) is 5.91 Å². The largest absolute Gasteiger partial charge is 0.507 e. The van der Waals surface area contributed by atoms with Crippen LogP contribution in [0, 0.1) is 0 Å². The highest BCUT2D eigenvalue weighted by Gasteiger charge is 2.23. The Bertz CT molecular complexity index is 832. The number of phenolic OH excluding ortho intramolecular Hbond substituents is 1. The first-order valence-electron chi connectivity index (χ1n) is 6.55. The van der Waals surface area contributed by atoms with Crippen LogP contribution < -0.4 is 5.32 Å². The number of amides is 1. The molecular formula is C16H10Br2N2O2S. The van der Waals surface area contributed by atoms with E-state index in [9.17, 15) is 9.90 Å². The molecule has 0 atom stereocenters. The maximum atomic E-state index is 12.0. The minimum atomic E-state index is -0.185. The Hall–Kier alpha value is -1.57. The Balaban J connectivity index is 1.83. The van der Waals surface area contributed by atoms with Gasteiger partial charge >= 0.3 is 0 Å². The van der Waals surface area contributed by atoms with Crippen molar-refractivity contribution in [2.24, 2.45) is 4.99 Å². The van der Waals surface area contributed by atoms with E-state index >= 15 is 0 Å². The number of phenols is 1. The van der Waals surface area contributed by atoms with Gasteiger partial charge in [-0.3, -0.25) is 4.79 Å². The van der Waals surface area contributed by atoms with E-state index in [1.165, 1.54) is 11.8 Å². The first-order valence-corrected chi connectivity index (χ1v) is 8.95. The van der Waals surface area contributed by atoms with E-state index in [2.05, 4.69) is 42.2 Å². The fourth-order valence-corrected chi connectivity index (χ4v) is 3.38. The topological polar surface area (TPSA) is 61.7 Å². The number of rotatable bonds is 2. The lowest BCUT2D eigenvalue weighted by molar-refractivity contribution is -0.115. The number of hydrogen-bond acceptors (Lipinski definition) is 4. The number of benzene rings is 2. The Kier molecular flexibility index (Phi) is 4.89. The highest BCUT2D eigenvalue weighted by molar-refractivity contribution is 9.10. The summed E-state index contributed by atoms with van der Waals surface area (Å²) < 4.78 is 1.56. The van der Waals surface area contributed by atoms with Gasteiger partial charge in [-0.05, 0) is 75.7 Å². The van der Waals surface area contributed by atoms with Crippen LogP contribution in [0.25, 0.3) is 6.08 Å². The number of nitrogens with one attached hydrogen (secondary N) is 1. The Labute approximate surface area is 154 Å². The van der Waals surface area contributed by atoms with Gasteiger partial charge in [0.2, 0.25) is 0 Å². The SMILES string of the molecule is O=C1NC(=Nc2ccc(Br)cc2)S/C1=C\c1ccc(O)c(Br)c1. The van der Waals surface area contributed by atoms with Crippen LogP contribution in [-0.4, -0.2) is 16.2 Å². The van der Waals surface area contributed by atoms with Gasteiger partial charge in [0.1, 0.15) is 5.75 Å². The lowest BCUT2D eigenvalue weighted by atomic mass is 10.2. The van der Waals surface area contributed by atoms with E-state index in [1.54, 1.807) is 24.3 Å². The van der Waals surface area contributed by atoms with Crippen LogP contribution in [-0.2, 0) is 4.79 Å². The normalized spacial score (nSPS) is 17.7. The standard InChI is InChI=1S/C16H10Br2N2O2S/c17-10-2-4-11(5-3-10)19-16-20-15(22)14(23-16)8-9-1-6-13(21)12(18)7-9/h1-8,21H,(H,19,20,22)/b14-8-. The van der Waals surface area contributed by atoms with Gasteiger partial charge < -0.3 is 10.4 Å². The summed E-state index contributed by atoms with van der Waals surface area (Å²) in [4.78, 5) is 17.0. The summed E-state index contributed by atoms with van der Waals surface area (Å²) in [5, 5.41) is 12.8. The molecule has 116 valence electrons. The molecule has 0 radical (unpaired) electrons. The highest BCUT2D eigenvalue weighted by atomic mass is 79.9. The molecule has 2 aromatic carbocycles. The summed E-state index contributed by atoms with van der Waals surface area (Å²) in [5.41, 5.74) is 1.59. The third kappa shape index (κ3) is 4.04. The zero-order valence-electron chi connectivity index (χ0n) is 11.6. The van der Waals surface area contributed by atoms with Crippen LogP contribution in [0.5, 0.6) is 5.75 Å². The molecule has 4 nitrogen and oxygen atoms in total. The van der Waals surface area contributed by atoms with Gasteiger partial charge in [0.05, 0.1) is 15.1 Å². The number of halogens is 2. The van der Waals surface area contributed by atoms with Gasteiger partial charge in [0.15, 0.2) is 5.17 Å². The maximum absolute atomic E-state index is 12.0. The lowest BCUT2D eigenvalue weighted by Gasteiger charge is -1.99. The van der Waals surface area contributed by atoms with Crippen molar-refractivity contribution in [3.05, 3.63) is 61.9 Å². The Morgan fingerprint density at radius 2 is 1.87 bits per heavy atom. The number of nitrogens with zero attached hydrogens (tertiary/aromatic N) is 1. The molecule has 2 aromatic rings. The molecule has 1 aliphatic heterocycles. The maximum Gasteiger partial charge on any atom is 0.264 e. The molecule has 0 aromatic heterocycles. The van der Waals surface area contributed by atoms with Crippen LogP contribution in [0.15, 0.2) is 61.3 Å². The van der Waals surface area contributed by atoms with Gasteiger partial charge in [-0.15, -0.1) is 0 Å². The summed E-state index contributed by atoms with van der Waals surface area (Å²) in [6, 6.07) is 12.6. The molecule has 2 N–H and O–H groups in total. The Morgan fingerprint density at radius 3 is 2.57 bits per heavy atom. The minimum absolute atomic E-state index is 0.160. The van der Waals surface area contributed by atoms with E-state index in [-0.39, 0.29) is 11.7 Å². The number of carbonyl (C=O) groups excluding carboxylic acids is 1. The molecule has 1 heterocycles. The molecule has 0 unspecified atom stereocenters. The molecule has 1 aliphatic rings. The van der Waals surface area contributed by atoms with Gasteiger partial charge in [-0.2, -0.15) is 0 Å². The monoisotopic (exact) mass is 452 g/mol. The van der Waals surface area contributed by atoms with E-state index in [4.69, 9.17) is 0 Å². The minimum Gasteiger partial charge on any atom is -0.507 e. The van der Waals surface area contributed by atoms with Gasteiger partial charge in [-0.1, -0.05) is 22.0 Å². The second-order valence-electron chi connectivity index (χ2n) is 4.67. The molecular weight excluding hydrogens is 444 g/mol. The zero-order valence-corrected chi connectivity index (χ0v) is 15.6. The molecule has 1 saturated heterocycles. The van der Waals surface area contributed by atoms with Crippen LogP contribution in [0.3, 0.4) is 0 Å². The van der Waals surface area contributed by atoms with E-state index < -0.39 is 0 Å². The fourth-order valence-electron chi connectivity index (χ4n) is 1.88. The number of amidine groups is 1. The molecule has 1 amide bonds. The molecule has 0 aliphatic carbocycles. The predicted octanol–water partition coefficient (Wildman–Crippen LogP) is 4.81. The molecule has 3 rings (SSSR count). The van der Waals surface area contributed by atoms with Crippen molar-refractivity contribution in [1.82, 2.24) is 5.32 Å². The van der Waals surface area contributed by atoms with Crippen molar-refractivity contribution in [3.63, 3.8) is 0 Å². The summed E-state index contributed by atoms with van der Waals surface area (Å²) in [6.07, 6.45) is 1.76. The molecule has 0 saturated carbocycles. The number of carbonyl (C=O) groups is 1. The smallest absolute Gasteiger partial charge is 0.264 e. The zero-order chi connectivity index (χ0) is 16.4. The van der Waals surface area contributed by atoms with Crippen molar-refractivity contribution in [1.29, 1.82) is 0 Å². The number of aliphatic imine (C=N–C) groups is 1. The Morgan fingerprint density at radius 1 is 1.13 bits per heavy atom. The second kappa shape index (κ2) is 6.90. The molecule has 7 heteroatoms. The molecule has 0 bridgehead atoms. The van der Waals surface area contributed by atoms with Crippen LogP contribution >= 0.6 is 43.6 Å². The fraction of sp³-hybridized carbons (Fsp3) is 0. The highest BCUT2D eigenvalue weighted by Crippen LogP contribution is 2.30. The van der Waals surface area contributed by atoms with Crippen molar-refractivity contribution in [2.75, 3.05) is 0 Å². The summed E-state index contributed by atoms with van der Waals surface area (Å²) >= 11 is 7.91. The van der Waals surface area contributed by atoms with Crippen molar-refractivity contribution in [3.8, 4) is 5.75 Å². The second-order valence-corrected chi connectivity index (χ2v) is 7.47. The van der Waals surface area contributed by atoms with Gasteiger partial charge in [-0.25, -0.2) is 4.99 Å². The molecule has 0 spiro atoms. The average molecular weight is 454 g/mol. The van der Waals surface area contributed by atoms with Gasteiger partial charge in [0, 0.05) is 4.47 Å². The van der Waals surface area contributed by atoms with E-state index in [0.717, 1.165) is 15.7 Å².